The standard InChI is InChI=1S/C16H14N4O2/c21-15-11-18-20(14-6-2-1-5-13(14)15)9-7-16(22)19-12-4-3-8-17-10-12/h1-6,8,10-11H,7,9H2,(H,19,22). The second-order valence-electron chi connectivity index (χ2n) is 4.79. The minimum atomic E-state index is -0.127. The molecule has 0 unspecified atom stereocenters. The monoisotopic (exact) mass is 294 g/mol. The number of amides is 1. The van der Waals surface area contributed by atoms with E-state index in [1.54, 1.807) is 35.3 Å². The minimum Gasteiger partial charge on any atom is -0.325 e. The van der Waals surface area contributed by atoms with E-state index in [1.807, 2.05) is 18.2 Å². The van der Waals surface area contributed by atoms with E-state index in [9.17, 15) is 9.59 Å². The molecule has 3 rings (SSSR count). The molecule has 0 bridgehead atoms. The van der Waals surface area contributed by atoms with Crippen molar-refractivity contribution < 1.29 is 4.79 Å². The van der Waals surface area contributed by atoms with E-state index in [0.29, 0.717) is 17.6 Å². The number of para-hydroxylation sites is 1. The SMILES string of the molecule is O=C(CCn1ncc(=O)c2ccccc21)Nc1cccnc1. The third-order valence-corrected chi connectivity index (χ3v) is 3.26. The number of fused-ring (bicyclic) bond motifs is 1. The van der Waals surface area contributed by atoms with E-state index in [0.717, 1.165) is 5.52 Å². The number of aryl methyl sites for hydroxylation is 1. The van der Waals surface area contributed by atoms with Gasteiger partial charge in [0.2, 0.25) is 11.3 Å². The Hall–Kier alpha value is -3.02. The molecule has 110 valence electrons. The number of hydrogen-bond acceptors (Lipinski definition) is 4. The number of nitrogens with one attached hydrogen (secondary N) is 1. The zero-order valence-electron chi connectivity index (χ0n) is 11.8. The van der Waals surface area contributed by atoms with Gasteiger partial charge in [-0.2, -0.15) is 5.10 Å². The maximum absolute atomic E-state index is 11.9. The molecule has 22 heavy (non-hydrogen) atoms. The van der Waals surface area contributed by atoms with Crippen LogP contribution in [-0.2, 0) is 11.3 Å². The van der Waals surface area contributed by atoms with Gasteiger partial charge in [0.25, 0.3) is 0 Å². The van der Waals surface area contributed by atoms with E-state index in [4.69, 9.17) is 0 Å². The van der Waals surface area contributed by atoms with Crippen LogP contribution in [0, 0.1) is 0 Å². The number of benzene rings is 1. The second-order valence-corrected chi connectivity index (χ2v) is 4.79. The summed E-state index contributed by atoms with van der Waals surface area (Å²) in [5, 5.41) is 7.47. The average molecular weight is 294 g/mol. The van der Waals surface area contributed by atoms with E-state index >= 15 is 0 Å². The summed E-state index contributed by atoms with van der Waals surface area (Å²) in [7, 11) is 0. The molecule has 2 heterocycles. The Morgan fingerprint density at radius 2 is 2.00 bits per heavy atom. The van der Waals surface area contributed by atoms with Crippen LogP contribution in [0.4, 0.5) is 5.69 Å². The Labute approximate surface area is 126 Å². The normalized spacial score (nSPS) is 10.5. The summed E-state index contributed by atoms with van der Waals surface area (Å²) < 4.78 is 1.67. The summed E-state index contributed by atoms with van der Waals surface area (Å²) in [6.07, 6.45) is 4.77. The van der Waals surface area contributed by atoms with Crippen molar-refractivity contribution in [3.63, 3.8) is 0 Å². The van der Waals surface area contributed by atoms with Crippen LogP contribution in [0.5, 0.6) is 0 Å². The molecule has 0 saturated heterocycles. The fourth-order valence-electron chi connectivity index (χ4n) is 2.21. The molecule has 0 aliphatic carbocycles. The van der Waals surface area contributed by atoms with Gasteiger partial charge < -0.3 is 5.32 Å². The molecule has 1 amide bonds. The van der Waals surface area contributed by atoms with Gasteiger partial charge in [-0.3, -0.25) is 19.3 Å². The second kappa shape index (κ2) is 6.17. The van der Waals surface area contributed by atoms with E-state index in [1.165, 1.54) is 6.20 Å². The van der Waals surface area contributed by atoms with Crippen LogP contribution in [0.25, 0.3) is 10.9 Å². The zero-order chi connectivity index (χ0) is 15.4. The van der Waals surface area contributed by atoms with Gasteiger partial charge in [-0.1, -0.05) is 12.1 Å². The largest absolute Gasteiger partial charge is 0.325 e. The topological polar surface area (TPSA) is 76.9 Å². The first-order valence-electron chi connectivity index (χ1n) is 6.89. The Balaban J connectivity index is 1.73. The predicted molar refractivity (Wildman–Crippen MR) is 83.5 cm³/mol. The summed E-state index contributed by atoms with van der Waals surface area (Å²) in [5.74, 6) is -0.127. The smallest absolute Gasteiger partial charge is 0.226 e. The molecule has 6 heteroatoms. The third kappa shape index (κ3) is 3.01. The summed E-state index contributed by atoms with van der Waals surface area (Å²) in [6.45, 7) is 0.396. The molecule has 0 fully saturated rings. The van der Waals surface area contributed by atoms with Crippen molar-refractivity contribution in [2.75, 3.05) is 5.32 Å². The van der Waals surface area contributed by atoms with Gasteiger partial charge >= 0.3 is 0 Å². The highest BCUT2D eigenvalue weighted by Crippen LogP contribution is 2.09. The van der Waals surface area contributed by atoms with E-state index in [2.05, 4.69) is 15.4 Å². The first-order valence-corrected chi connectivity index (χ1v) is 6.89. The zero-order valence-corrected chi connectivity index (χ0v) is 11.8. The molecule has 0 spiro atoms. The minimum absolute atomic E-state index is 0.119. The Bertz CT molecular complexity index is 859. The summed E-state index contributed by atoms with van der Waals surface area (Å²) in [5.41, 5.74) is 1.26. The van der Waals surface area contributed by atoms with Crippen molar-refractivity contribution in [1.29, 1.82) is 0 Å². The molecular weight excluding hydrogens is 280 g/mol. The molecule has 1 aromatic carbocycles. The number of nitrogens with zero attached hydrogens (tertiary/aromatic N) is 3. The first-order chi connectivity index (χ1) is 10.7. The molecule has 0 saturated carbocycles. The van der Waals surface area contributed by atoms with Crippen molar-refractivity contribution in [2.45, 2.75) is 13.0 Å². The van der Waals surface area contributed by atoms with E-state index in [-0.39, 0.29) is 17.8 Å². The number of aromatic nitrogens is 3. The van der Waals surface area contributed by atoms with Gasteiger partial charge in [0.05, 0.1) is 30.1 Å². The maximum atomic E-state index is 11.9. The molecule has 0 radical (unpaired) electrons. The van der Waals surface area contributed by atoms with Gasteiger partial charge in [0.15, 0.2) is 0 Å². The lowest BCUT2D eigenvalue weighted by Gasteiger charge is -2.09. The van der Waals surface area contributed by atoms with Crippen LogP contribution in [0.1, 0.15) is 6.42 Å². The molecule has 6 nitrogen and oxygen atoms in total. The molecule has 0 aliphatic rings. The number of rotatable bonds is 4. The highest BCUT2D eigenvalue weighted by molar-refractivity contribution is 5.90. The van der Waals surface area contributed by atoms with Crippen LogP contribution in [0.2, 0.25) is 0 Å². The third-order valence-electron chi connectivity index (χ3n) is 3.26. The van der Waals surface area contributed by atoms with Crippen LogP contribution >= 0.6 is 0 Å². The lowest BCUT2D eigenvalue weighted by atomic mass is 10.2. The van der Waals surface area contributed by atoms with Gasteiger partial charge in [-0.25, -0.2) is 0 Å². The lowest BCUT2D eigenvalue weighted by molar-refractivity contribution is -0.116. The lowest BCUT2D eigenvalue weighted by Crippen LogP contribution is -2.18. The Morgan fingerprint density at radius 3 is 2.82 bits per heavy atom. The van der Waals surface area contributed by atoms with E-state index < -0.39 is 0 Å². The Morgan fingerprint density at radius 1 is 1.14 bits per heavy atom. The van der Waals surface area contributed by atoms with Crippen LogP contribution in [0.15, 0.2) is 59.8 Å². The fourth-order valence-corrected chi connectivity index (χ4v) is 2.21. The number of carbonyl (C=O) groups excluding carboxylic acids is 1. The van der Waals surface area contributed by atoms with Crippen molar-refractivity contribution in [2.24, 2.45) is 0 Å². The molecule has 2 aromatic heterocycles. The predicted octanol–water partition coefficient (Wildman–Crippen LogP) is 1.82. The molecular formula is C16H14N4O2. The maximum Gasteiger partial charge on any atom is 0.226 e. The average Bonchev–Trinajstić information content (AvgIpc) is 2.55. The van der Waals surface area contributed by atoms with Gasteiger partial charge in [-0.05, 0) is 24.3 Å². The first kappa shape index (κ1) is 13.9. The highest BCUT2D eigenvalue weighted by Gasteiger charge is 2.06. The van der Waals surface area contributed by atoms with Gasteiger partial charge in [0.1, 0.15) is 0 Å². The fraction of sp³-hybridized carbons (Fsp3) is 0.125. The van der Waals surface area contributed by atoms with Crippen molar-refractivity contribution >= 4 is 22.5 Å². The van der Waals surface area contributed by atoms with Gasteiger partial charge in [-0.15, -0.1) is 0 Å². The Kier molecular flexibility index (Phi) is 3.91. The van der Waals surface area contributed by atoms with Crippen molar-refractivity contribution in [1.82, 2.24) is 14.8 Å². The van der Waals surface area contributed by atoms with Crippen LogP contribution in [0.3, 0.4) is 0 Å². The number of pyridine rings is 1. The molecule has 0 atom stereocenters. The number of carbonyl (C=O) groups is 1. The summed E-state index contributed by atoms with van der Waals surface area (Å²) >= 11 is 0. The highest BCUT2D eigenvalue weighted by atomic mass is 16.1. The number of hydrogen-bond donors (Lipinski definition) is 1. The number of anilines is 1. The molecule has 1 N–H and O–H groups in total. The summed E-state index contributed by atoms with van der Waals surface area (Å²) in [6, 6.07) is 10.8. The summed E-state index contributed by atoms with van der Waals surface area (Å²) in [4.78, 5) is 27.6. The van der Waals surface area contributed by atoms with Crippen molar-refractivity contribution in [3.05, 3.63) is 65.2 Å². The van der Waals surface area contributed by atoms with Crippen molar-refractivity contribution in [3.8, 4) is 0 Å². The molecule has 3 aromatic rings. The van der Waals surface area contributed by atoms with Crippen LogP contribution < -0.4 is 10.7 Å². The van der Waals surface area contributed by atoms with Crippen LogP contribution in [-0.4, -0.2) is 20.7 Å². The quantitative estimate of drug-likeness (QED) is 0.796. The molecule has 0 aliphatic heterocycles. The van der Waals surface area contributed by atoms with Gasteiger partial charge in [0, 0.05) is 18.0 Å².